The lowest BCUT2D eigenvalue weighted by atomic mass is 10.1. The monoisotopic (exact) mass is 407 g/mol. The van der Waals surface area contributed by atoms with Gasteiger partial charge in [-0.25, -0.2) is 8.42 Å². The third-order valence-electron chi connectivity index (χ3n) is 4.04. The lowest BCUT2D eigenvalue weighted by Crippen LogP contribution is -2.26. The van der Waals surface area contributed by atoms with E-state index in [0.717, 1.165) is 15.4 Å². The molecular formula is C18H18ClN3O4S. The van der Waals surface area contributed by atoms with E-state index in [1.54, 1.807) is 0 Å². The topological polar surface area (TPSA) is 85.5 Å². The number of benzene rings is 2. The zero-order valence-electron chi connectivity index (χ0n) is 15.0. The fourth-order valence-electron chi connectivity index (χ4n) is 2.52. The van der Waals surface area contributed by atoms with E-state index in [0.29, 0.717) is 11.6 Å². The molecule has 0 saturated heterocycles. The molecule has 9 heteroatoms. The standard InChI is InChI=1S/C18H18ClN3O4S/c1-12-6-4-5-7-14(12)18-20-17(26-21-18)11-22(2)27(23,24)13-8-9-16(25-3)15(19)10-13/h4-10H,11H2,1-3H3. The summed E-state index contributed by atoms with van der Waals surface area (Å²) in [5, 5.41) is 4.16. The molecule has 3 aromatic rings. The van der Waals surface area contributed by atoms with Crippen LogP contribution in [0.5, 0.6) is 5.75 Å². The maximum atomic E-state index is 12.8. The molecule has 0 amide bonds. The Morgan fingerprint density at radius 1 is 1.22 bits per heavy atom. The summed E-state index contributed by atoms with van der Waals surface area (Å²) in [6, 6.07) is 11.9. The molecule has 27 heavy (non-hydrogen) atoms. The van der Waals surface area contributed by atoms with Crippen LogP contribution in [-0.4, -0.2) is 37.0 Å². The highest BCUT2D eigenvalue weighted by atomic mass is 35.5. The highest BCUT2D eigenvalue weighted by Crippen LogP contribution is 2.28. The van der Waals surface area contributed by atoms with Crippen LogP contribution in [0.15, 0.2) is 51.9 Å². The molecule has 0 aliphatic carbocycles. The third-order valence-corrected chi connectivity index (χ3v) is 6.14. The summed E-state index contributed by atoms with van der Waals surface area (Å²) in [7, 11) is -0.886. The molecule has 0 saturated carbocycles. The van der Waals surface area contributed by atoms with Gasteiger partial charge in [-0.1, -0.05) is 41.0 Å². The zero-order chi connectivity index (χ0) is 19.6. The van der Waals surface area contributed by atoms with Crippen molar-refractivity contribution in [3.63, 3.8) is 0 Å². The summed E-state index contributed by atoms with van der Waals surface area (Å²) in [4.78, 5) is 4.35. The number of aromatic nitrogens is 2. The molecule has 0 aliphatic rings. The molecule has 0 atom stereocenters. The van der Waals surface area contributed by atoms with Gasteiger partial charge in [-0.05, 0) is 30.7 Å². The van der Waals surface area contributed by atoms with E-state index < -0.39 is 10.0 Å². The summed E-state index contributed by atoms with van der Waals surface area (Å²) in [5.74, 6) is 1.01. The molecule has 2 aromatic carbocycles. The molecule has 0 fully saturated rings. The number of hydrogen-bond acceptors (Lipinski definition) is 6. The second kappa shape index (κ2) is 7.67. The van der Waals surface area contributed by atoms with Gasteiger partial charge in [0.1, 0.15) is 5.75 Å². The minimum atomic E-state index is -3.78. The van der Waals surface area contributed by atoms with Gasteiger partial charge in [-0.15, -0.1) is 0 Å². The number of hydrogen-bond donors (Lipinski definition) is 0. The second-order valence-electron chi connectivity index (χ2n) is 5.88. The van der Waals surface area contributed by atoms with Crippen molar-refractivity contribution in [2.75, 3.05) is 14.2 Å². The first-order valence-corrected chi connectivity index (χ1v) is 9.83. The molecule has 3 rings (SSSR count). The third kappa shape index (κ3) is 3.97. The lowest BCUT2D eigenvalue weighted by molar-refractivity contribution is 0.336. The Hall–Kier alpha value is -2.42. The Kier molecular flexibility index (Phi) is 5.50. The van der Waals surface area contributed by atoms with E-state index in [9.17, 15) is 8.42 Å². The van der Waals surface area contributed by atoms with Crippen LogP contribution in [0, 0.1) is 6.92 Å². The van der Waals surface area contributed by atoms with Crippen molar-refractivity contribution in [3.05, 3.63) is 58.9 Å². The van der Waals surface area contributed by atoms with Crippen molar-refractivity contribution < 1.29 is 17.7 Å². The van der Waals surface area contributed by atoms with Gasteiger partial charge in [0, 0.05) is 12.6 Å². The van der Waals surface area contributed by atoms with Crippen LogP contribution in [0.1, 0.15) is 11.5 Å². The molecule has 142 valence electrons. The first-order valence-electron chi connectivity index (χ1n) is 8.01. The van der Waals surface area contributed by atoms with E-state index in [1.807, 2.05) is 31.2 Å². The van der Waals surface area contributed by atoms with Crippen molar-refractivity contribution in [2.24, 2.45) is 0 Å². The quantitative estimate of drug-likeness (QED) is 0.621. The maximum absolute atomic E-state index is 12.8. The van der Waals surface area contributed by atoms with E-state index in [2.05, 4.69) is 10.1 Å². The summed E-state index contributed by atoms with van der Waals surface area (Å²) >= 11 is 6.04. The van der Waals surface area contributed by atoms with Gasteiger partial charge in [0.25, 0.3) is 0 Å². The average molecular weight is 408 g/mol. The molecule has 0 spiro atoms. The predicted molar refractivity (Wildman–Crippen MR) is 101 cm³/mol. The summed E-state index contributed by atoms with van der Waals surface area (Å²) in [6.45, 7) is 1.88. The summed E-state index contributed by atoms with van der Waals surface area (Å²) < 4.78 is 36.9. The fourth-order valence-corrected chi connectivity index (χ4v) is 3.98. The zero-order valence-corrected chi connectivity index (χ0v) is 16.6. The lowest BCUT2D eigenvalue weighted by Gasteiger charge is -2.15. The first-order chi connectivity index (χ1) is 12.8. The summed E-state index contributed by atoms with van der Waals surface area (Å²) in [5.41, 5.74) is 1.83. The molecule has 0 bridgehead atoms. The number of sulfonamides is 1. The minimum absolute atomic E-state index is 0.0504. The van der Waals surface area contributed by atoms with Crippen LogP contribution in [-0.2, 0) is 16.6 Å². The second-order valence-corrected chi connectivity index (χ2v) is 8.34. The molecular weight excluding hydrogens is 390 g/mol. The Morgan fingerprint density at radius 3 is 2.63 bits per heavy atom. The highest BCUT2D eigenvalue weighted by molar-refractivity contribution is 7.89. The van der Waals surface area contributed by atoms with Crippen LogP contribution in [0.3, 0.4) is 0 Å². The van der Waals surface area contributed by atoms with Gasteiger partial charge < -0.3 is 9.26 Å². The van der Waals surface area contributed by atoms with Crippen LogP contribution in [0.4, 0.5) is 0 Å². The van der Waals surface area contributed by atoms with E-state index >= 15 is 0 Å². The van der Waals surface area contributed by atoms with Crippen molar-refractivity contribution in [2.45, 2.75) is 18.4 Å². The SMILES string of the molecule is COc1ccc(S(=O)(=O)N(C)Cc2nc(-c3ccccc3C)no2)cc1Cl. The Morgan fingerprint density at radius 2 is 1.96 bits per heavy atom. The largest absolute Gasteiger partial charge is 0.495 e. The Balaban J connectivity index is 1.82. The molecule has 7 nitrogen and oxygen atoms in total. The van der Waals surface area contributed by atoms with Gasteiger partial charge >= 0.3 is 0 Å². The van der Waals surface area contributed by atoms with Gasteiger partial charge in [0.05, 0.1) is 23.6 Å². The van der Waals surface area contributed by atoms with Gasteiger partial charge in [0.15, 0.2) is 0 Å². The number of halogens is 1. The van der Waals surface area contributed by atoms with Crippen molar-refractivity contribution >= 4 is 21.6 Å². The number of nitrogens with zero attached hydrogens (tertiary/aromatic N) is 3. The van der Waals surface area contributed by atoms with Crippen LogP contribution >= 0.6 is 11.6 Å². The molecule has 0 N–H and O–H groups in total. The normalized spacial score (nSPS) is 11.7. The molecule has 0 radical (unpaired) electrons. The van der Waals surface area contributed by atoms with Gasteiger partial charge in [-0.3, -0.25) is 0 Å². The van der Waals surface area contributed by atoms with Crippen molar-refractivity contribution in [1.29, 1.82) is 0 Å². The van der Waals surface area contributed by atoms with Crippen LogP contribution in [0.2, 0.25) is 5.02 Å². The maximum Gasteiger partial charge on any atom is 0.243 e. The van der Waals surface area contributed by atoms with Crippen molar-refractivity contribution in [3.8, 4) is 17.1 Å². The van der Waals surface area contributed by atoms with Gasteiger partial charge in [0.2, 0.25) is 21.7 Å². The smallest absolute Gasteiger partial charge is 0.243 e. The van der Waals surface area contributed by atoms with Gasteiger partial charge in [-0.2, -0.15) is 9.29 Å². The first kappa shape index (κ1) is 19.3. The van der Waals surface area contributed by atoms with Crippen LogP contribution in [0.25, 0.3) is 11.4 Å². The van der Waals surface area contributed by atoms with Crippen molar-refractivity contribution in [1.82, 2.24) is 14.4 Å². The predicted octanol–water partition coefficient (Wildman–Crippen LogP) is 3.53. The molecule has 1 aromatic heterocycles. The Bertz CT molecular complexity index is 1070. The number of ether oxygens (including phenoxy) is 1. The molecule has 0 unspecified atom stereocenters. The number of rotatable bonds is 6. The average Bonchev–Trinajstić information content (AvgIpc) is 3.10. The molecule has 1 heterocycles. The highest BCUT2D eigenvalue weighted by Gasteiger charge is 2.24. The number of methoxy groups -OCH3 is 1. The molecule has 0 aliphatic heterocycles. The van der Waals surface area contributed by atoms with E-state index in [4.69, 9.17) is 20.9 Å². The summed E-state index contributed by atoms with van der Waals surface area (Å²) in [6.07, 6.45) is 0. The minimum Gasteiger partial charge on any atom is -0.495 e. The van der Waals surface area contributed by atoms with E-state index in [-0.39, 0.29) is 22.4 Å². The van der Waals surface area contributed by atoms with Crippen LogP contribution < -0.4 is 4.74 Å². The fraction of sp³-hybridized carbons (Fsp3) is 0.222. The van der Waals surface area contributed by atoms with E-state index in [1.165, 1.54) is 32.4 Å². The number of aryl methyl sites for hydroxylation is 1. The Labute approximate surface area is 162 Å².